The highest BCUT2D eigenvalue weighted by molar-refractivity contribution is 9.10. The van der Waals surface area contributed by atoms with Gasteiger partial charge in [0.15, 0.2) is 5.78 Å². The Labute approximate surface area is 113 Å². The first-order valence-corrected chi connectivity index (χ1v) is 6.14. The zero-order chi connectivity index (χ0) is 13.1. The molecular formula is C13H12BrN3O. The van der Waals surface area contributed by atoms with Gasteiger partial charge in [0.2, 0.25) is 0 Å². The van der Waals surface area contributed by atoms with Crippen molar-refractivity contribution in [2.45, 2.75) is 6.42 Å². The van der Waals surface area contributed by atoms with E-state index in [4.69, 9.17) is 11.5 Å². The van der Waals surface area contributed by atoms with Crippen molar-refractivity contribution in [3.63, 3.8) is 0 Å². The molecule has 5 heteroatoms. The number of hydrogen-bond acceptors (Lipinski definition) is 4. The number of nitrogens with zero attached hydrogens (tertiary/aromatic N) is 1. The minimum Gasteiger partial charge on any atom is -0.399 e. The number of nitrogen functional groups attached to an aromatic ring is 2. The summed E-state index contributed by atoms with van der Waals surface area (Å²) in [5.41, 5.74) is 13.2. The van der Waals surface area contributed by atoms with Crippen LogP contribution in [0.5, 0.6) is 0 Å². The third-order valence-corrected chi connectivity index (χ3v) is 3.19. The molecule has 0 amide bonds. The zero-order valence-corrected chi connectivity index (χ0v) is 11.1. The summed E-state index contributed by atoms with van der Waals surface area (Å²) in [6.07, 6.45) is 1.86. The van der Waals surface area contributed by atoms with Gasteiger partial charge in [-0.25, -0.2) is 4.98 Å². The topological polar surface area (TPSA) is 82.0 Å². The number of rotatable bonds is 3. The average molecular weight is 306 g/mol. The number of benzene rings is 1. The van der Waals surface area contributed by atoms with Crippen molar-refractivity contribution in [1.82, 2.24) is 4.98 Å². The molecule has 0 radical (unpaired) electrons. The average Bonchev–Trinajstić information content (AvgIpc) is 2.32. The highest BCUT2D eigenvalue weighted by atomic mass is 79.9. The van der Waals surface area contributed by atoms with Crippen LogP contribution in [0, 0.1) is 0 Å². The van der Waals surface area contributed by atoms with Crippen molar-refractivity contribution < 1.29 is 4.79 Å². The van der Waals surface area contributed by atoms with Gasteiger partial charge in [-0.05, 0) is 35.9 Å². The van der Waals surface area contributed by atoms with E-state index in [-0.39, 0.29) is 12.2 Å². The molecule has 1 aromatic carbocycles. The highest BCUT2D eigenvalue weighted by Gasteiger charge is 2.11. The van der Waals surface area contributed by atoms with Crippen LogP contribution in [0.1, 0.15) is 15.9 Å². The molecule has 4 N–H and O–H groups in total. The first-order valence-electron chi connectivity index (χ1n) is 5.35. The molecule has 1 aromatic heterocycles. The summed E-state index contributed by atoms with van der Waals surface area (Å²) in [4.78, 5) is 16.0. The lowest BCUT2D eigenvalue weighted by Crippen LogP contribution is -2.06. The molecule has 0 saturated carbocycles. The predicted molar refractivity (Wildman–Crippen MR) is 75.2 cm³/mol. The minimum absolute atomic E-state index is 0.0141. The lowest BCUT2D eigenvalue weighted by molar-refractivity contribution is 0.0992. The summed E-state index contributed by atoms with van der Waals surface area (Å²) in [6.45, 7) is 0. The van der Waals surface area contributed by atoms with E-state index in [1.54, 1.807) is 36.5 Å². The van der Waals surface area contributed by atoms with Crippen LogP contribution >= 0.6 is 15.9 Å². The zero-order valence-electron chi connectivity index (χ0n) is 9.56. The fraction of sp³-hybridized carbons (Fsp3) is 0.0769. The minimum atomic E-state index is -0.0141. The molecule has 4 nitrogen and oxygen atoms in total. The third-order valence-electron chi connectivity index (χ3n) is 2.50. The summed E-state index contributed by atoms with van der Waals surface area (Å²) < 4.78 is 0.740. The number of anilines is 2. The summed E-state index contributed by atoms with van der Waals surface area (Å²) in [5, 5.41) is 0. The number of aromatic nitrogens is 1. The van der Waals surface area contributed by atoms with Crippen LogP contribution in [-0.4, -0.2) is 10.8 Å². The first-order chi connectivity index (χ1) is 8.56. The monoisotopic (exact) mass is 305 g/mol. The molecule has 18 heavy (non-hydrogen) atoms. The molecule has 2 aromatic rings. The van der Waals surface area contributed by atoms with Gasteiger partial charge in [-0.2, -0.15) is 0 Å². The number of Topliss-reactive ketones (excluding diaryl/α,β-unsaturated/α-hetero) is 1. The molecule has 2 rings (SSSR count). The van der Waals surface area contributed by atoms with Gasteiger partial charge in [-0.3, -0.25) is 4.79 Å². The second kappa shape index (κ2) is 5.18. The van der Waals surface area contributed by atoms with Crippen LogP contribution in [0.3, 0.4) is 0 Å². The van der Waals surface area contributed by atoms with E-state index in [1.807, 2.05) is 0 Å². The Balaban J connectivity index is 2.24. The maximum absolute atomic E-state index is 12.2. The second-order valence-corrected chi connectivity index (χ2v) is 4.78. The molecule has 0 aliphatic heterocycles. The van der Waals surface area contributed by atoms with E-state index >= 15 is 0 Å². The van der Waals surface area contributed by atoms with Crippen molar-refractivity contribution in [2.24, 2.45) is 0 Å². The van der Waals surface area contributed by atoms with E-state index in [0.717, 1.165) is 10.0 Å². The van der Waals surface area contributed by atoms with Gasteiger partial charge in [0.25, 0.3) is 0 Å². The molecule has 0 bridgehead atoms. The van der Waals surface area contributed by atoms with Gasteiger partial charge < -0.3 is 11.5 Å². The predicted octanol–water partition coefficient (Wildman–Crippen LogP) is 2.43. The quantitative estimate of drug-likeness (QED) is 0.674. The van der Waals surface area contributed by atoms with Crippen molar-refractivity contribution in [1.29, 1.82) is 0 Å². The molecule has 0 unspecified atom stereocenters. The summed E-state index contributed by atoms with van der Waals surface area (Å²) in [6, 6.07) is 8.64. The van der Waals surface area contributed by atoms with Gasteiger partial charge >= 0.3 is 0 Å². The van der Waals surface area contributed by atoms with Gasteiger partial charge in [0.1, 0.15) is 5.82 Å². The van der Waals surface area contributed by atoms with Gasteiger partial charge in [0.05, 0.1) is 0 Å². The highest BCUT2D eigenvalue weighted by Crippen LogP contribution is 2.21. The summed E-state index contributed by atoms with van der Waals surface area (Å²) >= 11 is 3.35. The number of carbonyl (C=O) groups excluding carboxylic acids is 1. The SMILES string of the molecule is Nc1ccc(Br)c(C(=O)Cc2ccnc(N)c2)c1. The van der Waals surface area contributed by atoms with Crippen LogP contribution in [-0.2, 0) is 6.42 Å². The Morgan fingerprint density at radius 3 is 2.72 bits per heavy atom. The normalized spacial score (nSPS) is 10.3. The van der Waals surface area contributed by atoms with Gasteiger partial charge in [-0.15, -0.1) is 0 Å². The molecule has 1 heterocycles. The maximum Gasteiger partial charge on any atom is 0.168 e. The third kappa shape index (κ3) is 2.87. The van der Waals surface area contributed by atoms with Crippen molar-refractivity contribution >= 4 is 33.2 Å². The van der Waals surface area contributed by atoms with E-state index in [9.17, 15) is 4.79 Å². The first kappa shape index (κ1) is 12.6. The summed E-state index contributed by atoms with van der Waals surface area (Å²) in [7, 11) is 0. The molecule has 0 spiro atoms. The Hall–Kier alpha value is -1.88. The number of pyridine rings is 1. The van der Waals surface area contributed by atoms with Crippen LogP contribution in [0.25, 0.3) is 0 Å². The number of halogens is 1. The molecule has 0 saturated heterocycles. The van der Waals surface area contributed by atoms with Crippen molar-refractivity contribution in [3.8, 4) is 0 Å². The Kier molecular flexibility index (Phi) is 3.62. The maximum atomic E-state index is 12.2. The van der Waals surface area contributed by atoms with E-state index in [0.29, 0.717) is 17.1 Å². The van der Waals surface area contributed by atoms with E-state index in [1.165, 1.54) is 0 Å². The van der Waals surface area contributed by atoms with Crippen LogP contribution in [0.4, 0.5) is 11.5 Å². The standard InChI is InChI=1S/C13H12BrN3O/c14-11-2-1-9(15)7-10(11)12(18)5-8-3-4-17-13(16)6-8/h1-4,6-7H,5,15H2,(H2,16,17). The number of carbonyl (C=O) groups is 1. The van der Waals surface area contributed by atoms with E-state index in [2.05, 4.69) is 20.9 Å². The van der Waals surface area contributed by atoms with Gasteiger partial charge in [0, 0.05) is 28.3 Å². The number of nitrogens with two attached hydrogens (primary N) is 2. The second-order valence-electron chi connectivity index (χ2n) is 3.93. The molecule has 0 fully saturated rings. The van der Waals surface area contributed by atoms with Crippen LogP contribution < -0.4 is 11.5 Å². The number of ketones is 1. The molecule has 0 atom stereocenters. The van der Waals surface area contributed by atoms with Crippen LogP contribution in [0.2, 0.25) is 0 Å². The van der Waals surface area contributed by atoms with Gasteiger partial charge in [-0.1, -0.05) is 15.9 Å². The summed E-state index contributed by atoms with van der Waals surface area (Å²) in [5.74, 6) is 0.395. The molecule has 92 valence electrons. The number of hydrogen-bond donors (Lipinski definition) is 2. The fourth-order valence-corrected chi connectivity index (χ4v) is 2.11. The molecule has 0 aliphatic carbocycles. The largest absolute Gasteiger partial charge is 0.399 e. The van der Waals surface area contributed by atoms with Crippen LogP contribution in [0.15, 0.2) is 41.0 Å². The Morgan fingerprint density at radius 2 is 2.00 bits per heavy atom. The fourth-order valence-electron chi connectivity index (χ4n) is 1.64. The smallest absolute Gasteiger partial charge is 0.168 e. The lowest BCUT2D eigenvalue weighted by Gasteiger charge is -2.05. The van der Waals surface area contributed by atoms with E-state index < -0.39 is 0 Å². The Bertz CT molecular complexity index is 599. The lowest BCUT2D eigenvalue weighted by atomic mass is 10.0. The Morgan fingerprint density at radius 1 is 1.22 bits per heavy atom. The molecular weight excluding hydrogens is 294 g/mol. The molecule has 0 aliphatic rings. The van der Waals surface area contributed by atoms with Crippen molar-refractivity contribution in [2.75, 3.05) is 11.5 Å². The van der Waals surface area contributed by atoms with Crippen molar-refractivity contribution in [3.05, 3.63) is 52.1 Å².